The number of amides is 1. The van der Waals surface area contributed by atoms with E-state index in [1.165, 1.54) is 4.68 Å². The Morgan fingerprint density at radius 1 is 1.06 bits per heavy atom. The molecule has 3 rings (SSSR count). The van der Waals surface area contributed by atoms with Crippen molar-refractivity contribution < 1.29 is 14.3 Å². The molecule has 0 saturated carbocycles. The lowest BCUT2D eigenvalue weighted by Gasteiger charge is -2.20. The third-order valence-corrected chi connectivity index (χ3v) is 5.21. The summed E-state index contributed by atoms with van der Waals surface area (Å²) in [7, 11) is 3.17. The van der Waals surface area contributed by atoms with E-state index in [1.54, 1.807) is 38.5 Å². The molecule has 7 heteroatoms. The summed E-state index contributed by atoms with van der Waals surface area (Å²) in [6, 6.07) is 10.5. The molecule has 0 aliphatic heterocycles. The van der Waals surface area contributed by atoms with Crippen LogP contribution in [0.3, 0.4) is 0 Å². The van der Waals surface area contributed by atoms with Gasteiger partial charge in [-0.05, 0) is 49.1 Å². The minimum absolute atomic E-state index is 0.190. The molecular weight excluding hydrogens is 394 g/mol. The Bertz CT molecular complexity index is 1170. The van der Waals surface area contributed by atoms with Crippen LogP contribution in [-0.2, 0) is 6.54 Å². The van der Waals surface area contributed by atoms with E-state index in [1.807, 2.05) is 39.8 Å². The lowest BCUT2D eigenvalue weighted by molar-refractivity contribution is 0.0934. The summed E-state index contributed by atoms with van der Waals surface area (Å²) in [6.45, 7) is 8.30. The van der Waals surface area contributed by atoms with Crippen molar-refractivity contribution in [3.8, 4) is 11.5 Å². The highest BCUT2D eigenvalue weighted by atomic mass is 16.5. The average molecular weight is 424 g/mol. The molecule has 2 aromatic carbocycles. The average Bonchev–Trinajstić information content (AvgIpc) is 2.74. The Morgan fingerprint density at radius 3 is 2.29 bits per heavy atom. The standard InChI is InChI=1S/C24H29N3O4/c1-14(2)13-27-24(29)18-10-8-7-9-17(18)22(26-27)23(28)25-16(4)19-12-21(31-6)20(30-5)11-15(19)3/h7-12,14,16H,13H2,1-6H3,(H,25,28). The van der Waals surface area contributed by atoms with E-state index in [0.29, 0.717) is 28.8 Å². The zero-order valence-corrected chi connectivity index (χ0v) is 18.9. The second-order valence-corrected chi connectivity index (χ2v) is 8.03. The Balaban J connectivity index is 2.00. The molecule has 0 bridgehead atoms. The number of carbonyl (C=O) groups is 1. The first kappa shape index (κ1) is 22.3. The second kappa shape index (κ2) is 9.20. The van der Waals surface area contributed by atoms with Gasteiger partial charge in [-0.2, -0.15) is 5.10 Å². The quantitative estimate of drug-likeness (QED) is 0.624. The normalized spacial score (nSPS) is 12.1. The maximum absolute atomic E-state index is 13.2. The minimum Gasteiger partial charge on any atom is -0.493 e. The van der Waals surface area contributed by atoms with E-state index < -0.39 is 0 Å². The highest BCUT2D eigenvalue weighted by Gasteiger charge is 2.21. The zero-order valence-electron chi connectivity index (χ0n) is 18.9. The predicted molar refractivity (Wildman–Crippen MR) is 121 cm³/mol. The molecule has 3 aromatic rings. The first-order valence-corrected chi connectivity index (χ1v) is 10.3. The topological polar surface area (TPSA) is 82.5 Å². The molecule has 0 saturated heterocycles. The lowest BCUT2D eigenvalue weighted by atomic mass is 10.0. The summed E-state index contributed by atoms with van der Waals surface area (Å²) in [5.74, 6) is 1.11. The van der Waals surface area contributed by atoms with Crippen molar-refractivity contribution in [2.45, 2.75) is 40.3 Å². The van der Waals surface area contributed by atoms with Crippen LogP contribution in [0, 0.1) is 12.8 Å². The van der Waals surface area contributed by atoms with E-state index in [-0.39, 0.29) is 29.1 Å². The van der Waals surface area contributed by atoms with Crippen LogP contribution in [0.15, 0.2) is 41.2 Å². The van der Waals surface area contributed by atoms with Crippen LogP contribution >= 0.6 is 0 Å². The van der Waals surface area contributed by atoms with E-state index in [4.69, 9.17) is 9.47 Å². The van der Waals surface area contributed by atoms with Gasteiger partial charge in [-0.1, -0.05) is 32.0 Å². The molecule has 1 amide bonds. The highest BCUT2D eigenvalue weighted by molar-refractivity contribution is 6.04. The largest absolute Gasteiger partial charge is 0.493 e. The van der Waals surface area contributed by atoms with Gasteiger partial charge in [-0.15, -0.1) is 0 Å². The van der Waals surface area contributed by atoms with Crippen LogP contribution < -0.4 is 20.3 Å². The van der Waals surface area contributed by atoms with Crippen molar-refractivity contribution in [3.05, 3.63) is 63.6 Å². The predicted octanol–water partition coefficient (Wildman–Crippen LogP) is 3.87. The Kier molecular flexibility index (Phi) is 6.63. The van der Waals surface area contributed by atoms with Gasteiger partial charge in [0.25, 0.3) is 11.5 Å². The molecule has 1 unspecified atom stereocenters. The molecule has 0 fully saturated rings. The van der Waals surface area contributed by atoms with E-state index in [0.717, 1.165) is 11.1 Å². The summed E-state index contributed by atoms with van der Waals surface area (Å²) in [6.07, 6.45) is 0. The maximum atomic E-state index is 13.2. The molecular formula is C24H29N3O4. The first-order chi connectivity index (χ1) is 14.8. The van der Waals surface area contributed by atoms with Gasteiger partial charge in [0.1, 0.15) is 0 Å². The maximum Gasteiger partial charge on any atom is 0.274 e. The Labute approximate surface area is 182 Å². The minimum atomic E-state index is -0.338. The Morgan fingerprint density at radius 2 is 1.68 bits per heavy atom. The summed E-state index contributed by atoms with van der Waals surface area (Å²) in [4.78, 5) is 26.0. The number of fused-ring (bicyclic) bond motifs is 1. The summed E-state index contributed by atoms with van der Waals surface area (Å²) < 4.78 is 12.1. The van der Waals surface area contributed by atoms with Crippen molar-refractivity contribution >= 4 is 16.7 Å². The highest BCUT2D eigenvalue weighted by Crippen LogP contribution is 2.33. The number of hydrogen-bond donors (Lipinski definition) is 1. The molecule has 1 atom stereocenters. The van der Waals surface area contributed by atoms with Crippen LogP contribution in [0.5, 0.6) is 11.5 Å². The van der Waals surface area contributed by atoms with Crippen molar-refractivity contribution in [1.82, 2.24) is 15.1 Å². The molecule has 31 heavy (non-hydrogen) atoms. The van der Waals surface area contributed by atoms with Crippen LogP contribution in [0.2, 0.25) is 0 Å². The van der Waals surface area contributed by atoms with Crippen LogP contribution in [-0.4, -0.2) is 29.9 Å². The third kappa shape index (κ3) is 4.55. The van der Waals surface area contributed by atoms with Crippen LogP contribution in [0.25, 0.3) is 10.8 Å². The van der Waals surface area contributed by atoms with Gasteiger partial charge in [-0.25, -0.2) is 4.68 Å². The molecule has 0 aliphatic carbocycles. The van der Waals surface area contributed by atoms with Crippen LogP contribution in [0.1, 0.15) is 48.4 Å². The van der Waals surface area contributed by atoms with Gasteiger partial charge in [0, 0.05) is 11.9 Å². The number of carbonyl (C=O) groups excluding carboxylic acids is 1. The number of rotatable bonds is 7. The fraction of sp³-hybridized carbons (Fsp3) is 0.375. The van der Waals surface area contributed by atoms with E-state index in [9.17, 15) is 9.59 Å². The van der Waals surface area contributed by atoms with Crippen molar-refractivity contribution in [3.63, 3.8) is 0 Å². The second-order valence-electron chi connectivity index (χ2n) is 8.03. The van der Waals surface area contributed by atoms with Gasteiger partial charge < -0.3 is 14.8 Å². The molecule has 1 heterocycles. The number of ether oxygens (including phenoxy) is 2. The molecule has 164 valence electrons. The van der Waals surface area contributed by atoms with Crippen molar-refractivity contribution in [2.75, 3.05) is 14.2 Å². The van der Waals surface area contributed by atoms with Gasteiger partial charge in [0.15, 0.2) is 17.2 Å². The van der Waals surface area contributed by atoms with Crippen molar-refractivity contribution in [1.29, 1.82) is 0 Å². The number of nitrogens with zero attached hydrogens (tertiary/aromatic N) is 2. The number of hydrogen-bond acceptors (Lipinski definition) is 5. The smallest absolute Gasteiger partial charge is 0.274 e. The summed E-state index contributed by atoms with van der Waals surface area (Å²) >= 11 is 0. The zero-order chi connectivity index (χ0) is 22.7. The molecule has 7 nitrogen and oxygen atoms in total. The first-order valence-electron chi connectivity index (χ1n) is 10.3. The molecule has 0 aliphatic rings. The van der Waals surface area contributed by atoms with Gasteiger partial charge in [0.2, 0.25) is 0 Å². The molecule has 0 radical (unpaired) electrons. The molecule has 1 aromatic heterocycles. The molecule has 1 N–H and O–H groups in total. The SMILES string of the molecule is COc1cc(C)c(C(C)NC(=O)c2nn(CC(C)C)c(=O)c3ccccc23)cc1OC. The number of benzene rings is 2. The number of aromatic nitrogens is 2. The van der Waals surface area contributed by atoms with Crippen LogP contribution in [0.4, 0.5) is 0 Å². The van der Waals surface area contributed by atoms with Gasteiger partial charge in [0.05, 0.1) is 25.6 Å². The fourth-order valence-electron chi connectivity index (χ4n) is 3.68. The molecule has 0 spiro atoms. The van der Waals surface area contributed by atoms with Crippen molar-refractivity contribution in [2.24, 2.45) is 5.92 Å². The number of nitrogens with one attached hydrogen (secondary N) is 1. The van der Waals surface area contributed by atoms with E-state index in [2.05, 4.69) is 10.4 Å². The fourth-order valence-corrected chi connectivity index (χ4v) is 3.68. The number of aryl methyl sites for hydroxylation is 1. The lowest BCUT2D eigenvalue weighted by Crippen LogP contribution is -2.33. The Hall–Kier alpha value is -3.35. The van der Waals surface area contributed by atoms with Gasteiger partial charge in [-0.3, -0.25) is 9.59 Å². The van der Waals surface area contributed by atoms with Gasteiger partial charge >= 0.3 is 0 Å². The number of methoxy groups -OCH3 is 2. The summed E-state index contributed by atoms with van der Waals surface area (Å²) in [5, 5.41) is 8.47. The summed E-state index contributed by atoms with van der Waals surface area (Å²) in [5.41, 5.74) is 1.92. The third-order valence-electron chi connectivity index (χ3n) is 5.21. The monoisotopic (exact) mass is 423 g/mol. The van der Waals surface area contributed by atoms with E-state index >= 15 is 0 Å².